The van der Waals surface area contributed by atoms with Crippen LogP contribution in [0.3, 0.4) is 0 Å². The predicted octanol–water partition coefficient (Wildman–Crippen LogP) is 1.32. The Morgan fingerprint density at radius 2 is 2.25 bits per heavy atom. The highest BCUT2D eigenvalue weighted by atomic mass is 16.4. The highest BCUT2D eigenvalue weighted by molar-refractivity contribution is 5.71. The van der Waals surface area contributed by atoms with Crippen LogP contribution in [0.4, 0.5) is 0 Å². The Hall–Kier alpha value is -0.860. The van der Waals surface area contributed by atoms with Crippen molar-refractivity contribution in [3.63, 3.8) is 0 Å². The molecule has 0 aromatic rings. The van der Waals surface area contributed by atoms with E-state index in [1.165, 1.54) is 0 Å². The number of rotatable bonds is 3. The van der Waals surface area contributed by atoms with Gasteiger partial charge in [0.15, 0.2) is 0 Å². The van der Waals surface area contributed by atoms with E-state index in [0.717, 1.165) is 25.5 Å². The van der Waals surface area contributed by atoms with Crippen LogP contribution in [0.2, 0.25) is 0 Å². The summed E-state index contributed by atoms with van der Waals surface area (Å²) in [6.45, 7) is 1.80. The second-order valence-corrected chi connectivity index (χ2v) is 3.53. The number of hydrogen-bond acceptors (Lipinski definition) is 2. The first kappa shape index (κ1) is 9.23. The van der Waals surface area contributed by atoms with E-state index in [9.17, 15) is 9.59 Å². The summed E-state index contributed by atoms with van der Waals surface area (Å²) < 4.78 is 0. The number of carboxylic acids is 1. The van der Waals surface area contributed by atoms with Gasteiger partial charge in [-0.3, -0.25) is 4.79 Å². The number of carbonyl (C=O) groups is 2. The van der Waals surface area contributed by atoms with Gasteiger partial charge in [0.2, 0.25) is 0 Å². The minimum absolute atomic E-state index is 0.0694. The van der Waals surface area contributed by atoms with E-state index in [4.69, 9.17) is 5.11 Å². The zero-order valence-corrected chi connectivity index (χ0v) is 7.19. The van der Waals surface area contributed by atoms with Crippen LogP contribution in [0, 0.1) is 17.8 Å². The van der Waals surface area contributed by atoms with Gasteiger partial charge in [-0.25, -0.2) is 0 Å². The van der Waals surface area contributed by atoms with Crippen molar-refractivity contribution >= 4 is 12.3 Å². The third kappa shape index (κ3) is 1.65. The summed E-state index contributed by atoms with van der Waals surface area (Å²) >= 11 is 0. The lowest BCUT2D eigenvalue weighted by molar-refractivity contribution is -0.143. The predicted molar refractivity (Wildman–Crippen MR) is 43.7 cm³/mol. The van der Waals surface area contributed by atoms with Crippen LogP contribution in [-0.4, -0.2) is 17.4 Å². The van der Waals surface area contributed by atoms with E-state index in [1.54, 1.807) is 6.92 Å². The van der Waals surface area contributed by atoms with Gasteiger partial charge in [-0.15, -0.1) is 0 Å². The van der Waals surface area contributed by atoms with Gasteiger partial charge < -0.3 is 9.90 Å². The van der Waals surface area contributed by atoms with Gasteiger partial charge in [0, 0.05) is 5.92 Å². The maximum absolute atomic E-state index is 10.7. The highest BCUT2D eigenvalue weighted by Crippen LogP contribution is 2.36. The van der Waals surface area contributed by atoms with Crippen LogP contribution in [-0.2, 0) is 9.59 Å². The van der Waals surface area contributed by atoms with Crippen molar-refractivity contribution in [1.29, 1.82) is 0 Å². The maximum atomic E-state index is 10.7. The minimum Gasteiger partial charge on any atom is -0.481 e. The largest absolute Gasteiger partial charge is 0.481 e. The molecular weight excluding hydrogens is 156 g/mol. The van der Waals surface area contributed by atoms with Crippen LogP contribution < -0.4 is 0 Å². The Morgan fingerprint density at radius 1 is 1.58 bits per heavy atom. The van der Waals surface area contributed by atoms with Crippen molar-refractivity contribution in [2.75, 3.05) is 0 Å². The summed E-state index contributed by atoms with van der Waals surface area (Å²) in [6.07, 6.45) is 3.43. The van der Waals surface area contributed by atoms with Gasteiger partial charge in [-0.05, 0) is 18.8 Å². The smallest absolute Gasteiger partial charge is 0.306 e. The van der Waals surface area contributed by atoms with Gasteiger partial charge in [0.1, 0.15) is 6.29 Å². The summed E-state index contributed by atoms with van der Waals surface area (Å²) in [5.74, 6) is -1.06. The Kier molecular flexibility index (Phi) is 2.84. The topological polar surface area (TPSA) is 54.4 Å². The zero-order chi connectivity index (χ0) is 9.14. The Balaban J connectivity index is 2.63. The first-order valence-electron chi connectivity index (χ1n) is 4.35. The molecule has 1 aliphatic carbocycles. The van der Waals surface area contributed by atoms with Crippen LogP contribution in [0.25, 0.3) is 0 Å². The molecule has 3 heteroatoms. The van der Waals surface area contributed by atoms with Crippen molar-refractivity contribution in [1.82, 2.24) is 0 Å². The van der Waals surface area contributed by atoms with Crippen LogP contribution in [0.1, 0.15) is 26.2 Å². The summed E-state index contributed by atoms with van der Waals surface area (Å²) in [6, 6.07) is 0. The molecule has 0 heterocycles. The number of carboxylic acid groups (broad SMARTS) is 1. The third-order valence-electron chi connectivity index (χ3n) is 2.78. The molecule has 0 radical (unpaired) electrons. The van der Waals surface area contributed by atoms with Gasteiger partial charge in [0.25, 0.3) is 0 Å². The van der Waals surface area contributed by atoms with E-state index in [1.807, 2.05) is 0 Å². The lowest BCUT2D eigenvalue weighted by Crippen LogP contribution is -2.24. The minimum atomic E-state index is -0.744. The monoisotopic (exact) mass is 170 g/mol. The van der Waals surface area contributed by atoms with Crippen molar-refractivity contribution < 1.29 is 14.7 Å². The fourth-order valence-electron chi connectivity index (χ4n) is 2.03. The van der Waals surface area contributed by atoms with Crippen molar-refractivity contribution in [3.8, 4) is 0 Å². The molecule has 1 fully saturated rings. The van der Waals surface area contributed by atoms with Crippen molar-refractivity contribution in [2.24, 2.45) is 17.8 Å². The van der Waals surface area contributed by atoms with Gasteiger partial charge in [-0.1, -0.05) is 13.3 Å². The molecule has 0 spiro atoms. The summed E-state index contributed by atoms with van der Waals surface area (Å²) in [7, 11) is 0. The number of carbonyl (C=O) groups excluding carboxylic acids is 1. The second kappa shape index (κ2) is 3.70. The van der Waals surface area contributed by atoms with E-state index < -0.39 is 5.97 Å². The standard InChI is InChI=1S/C9H14O3/c1-6(5-10)7-3-2-4-8(7)9(11)12/h5-8H,2-4H2,1H3,(H,11,12). The normalized spacial score (nSPS) is 31.4. The molecule has 1 aliphatic rings. The Morgan fingerprint density at radius 3 is 2.75 bits per heavy atom. The first-order chi connectivity index (χ1) is 5.66. The highest BCUT2D eigenvalue weighted by Gasteiger charge is 2.35. The lowest BCUT2D eigenvalue weighted by Gasteiger charge is -2.17. The molecule has 3 unspecified atom stereocenters. The molecule has 12 heavy (non-hydrogen) atoms. The van der Waals surface area contributed by atoms with E-state index in [0.29, 0.717) is 0 Å². The van der Waals surface area contributed by atoms with E-state index in [-0.39, 0.29) is 17.8 Å². The molecular formula is C9H14O3. The molecule has 3 nitrogen and oxygen atoms in total. The van der Waals surface area contributed by atoms with Crippen LogP contribution in [0.15, 0.2) is 0 Å². The maximum Gasteiger partial charge on any atom is 0.306 e. The third-order valence-corrected chi connectivity index (χ3v) is 2.78. The summed E-state index contributed by atoms with van der Waals surface area (Å²) in [5, 5.41) is 8.81. The second-order valence-electron chi connectivity index (χ2n) is 3.53. The summed E-state index contributed by atoms with van der Waals surface area (Å²) in [4.78, 5) is 21.2. The average molecular weight is 170 g/mol. The molecule has 0 aromatic carbocycles. The van der Waals surface area contributed by atoms with Crippen LogP contribution >= 0.6 is 0 Å². The van der Waals surface area contributed by atoms with E-state index >= 15 is 0 Å². The average Bonchev–Trinajstić information content (AvgIpc) is 2.50. The molecule has 68 valence electrons. The number of aldehydes is 1. The molecule has 1 N–H and O–H groups in total. The molecule has 3 atom stereocenters. The molecule has 1 saturated carbocycles. The summed E-state index contributed by atoms with van der Waals surface area (Å²) in [5.41, 5.74) is 0. The Bertz CT molecular complexity index is 188. The molecule has 0 saturated heterocycles. The fraction of sp³-hybridized carbons (Fsp3) is 0.778. The lowest BCUT2D eigenvalue weighted by atomic mass is 9.86. The zero-order valence-electron chi connectivity index (χ0n) is 7.19. The SMILES string of the molecule is CC(C=O)C1CCCC1C(=O)O. The first-order valence-corrected chi connectivity index (χ1v) is 4.35. The molecule has 0 bridgehead atoms. The Labute approximate surface area is 71.8 Å². The van der Waals surface area contributed by atoms with Crippen LogP contribution in [0.5, 0.6) is 0 Å². The molecule has 1 rings (SSSR count). The quantitative estimate of drug-likeness (QED) is 0.650. The van der Waals surface area contributed by atoms with Gasteiger partial charge in [0.05, 0.1) is 5.92 Å². The van der Waals surface area contributed by atoms with Crippen molar-refractivity contribution in [2.45, 2.75) is 26.2 Å². The molecule has 0 aliphatic heterocycles. The molecule has 0 amide bonds. The van der Waals surface area contributed by atoms with Crippen molar-refractivity contribution in [3.05, 3.63) is 0 Å². The van der Waals surface area contributed by atoms with Gasteiger partial charge in [-0.2, -0.15) is 0 Å². The fourth-order valence-corrected chi connectivity index (χ4v) is 2.03. The van der Waals surface area contributed by atoms with Gasteiger partial charge >= 0.3 is 5.97 Å². The number of hydrogen-bond donors (Lipinski definition) is 1. The molecule has 0 aromatic heterocycles. The number of aliphatic carboxylic acids is 1. The van der Waals surface area contributed by atoms with E-state index in [2.05, 4.69) is 0 Å².